The molecule has 2 N–H and O–H groups in total. The number of hydrogen-bond acceptors (Lipinski definition) is 4. The van der Waals surface area contributed by atoms with Gasteiger partial charge in [0, 0.05) is 31.7 Å². The Labute approximate surface area is 135 Å². The Morgan fingerprint density at radius 2 is 1.91 bits per heavy atom. The van der Waals surface area contributed by atoms with E-state index in [2.05, 4.69) is 43.2 Å². The Balaban J connectivity index is 1.87. The third kappa shape index (κ3) is 4.43. The molecule has 2 fully saturated rings. The van der Waals surface area contributed by atoms with E-state index in [0.29, 0.717) is 13.2 Å². The molecule has 0 aromatic heterocycles. The van der Waals surface area contributed by atoms with Gasteiger partial charge in [-0.25, -0.2) is 0 Å². The van der Waals surface area contributed by atoms with Crippen molar-refractivity contribution in [3.63, 3.8) is 0 Å². The van der Waals surface area contributed by atoms with Crippen molar-refractivity contribution < 1.29 is 9.53 Å². The molecule has 0 radical (unpaired) electrons. The largest absolute Gasteiger partial charge is 0.375 e. The van der Waals surface area contributed by atoms with E-state index in [0.717, 1.165) is 31.5 Å². The molecule has 2 rings (SSSR count). The van der Waals surface area contributed by atoms with E-state index in [1.807, 2.05) is 6.92 Å². The maximum Gasteiger partial charge on any atom is 0.239 e. The molecule has 5 nitrogen and oxygen atoms in total. The summed E-state index contributed by atoms with van der Waals surface area (Å²) in [7, 11) is 0. The van der Waals surface area contributed by atoms with Gasteiger partial charge in [-0.15, -0.1) is 0 Å². The van der Waals surface area contributed by atoms with E-state index in [4.69, 9.17) is 4.74 Å². The van der Waals surface area contributed by atoms with Crippen molar-refractivity contribution >= 4 is 5.91 Å². The van der Waals surface area contributed by atoms with E-state index < -0.39 is 0 Å². The summed E-state index contributed by atoms with van der Waals surface area (Å²) in [6.45, 7) is 15.4. The van der Waals surface area contributed by atoms with Crippen molar-refractivity contribution in [2.45, 2.75) is 58.7 Å². The van der Waals surface area contributed by atoms with Gasteiger partial charge in [0.2, 0.25) is 5.91 Å². The number of rotatable bonds is 4. The quantitative estimate of drug-likeness (QED) is 0.820. The second kappa shape index (κ2) is 7.28. The molecule has 0 spiro atoms. The molecule has 0 aromatic rings. The molecule has 0 aliphatic carbocycles. The van der Waals surface area contributed by atoms with Crippen LogP contribution in [-0.2, 0) is 9.53 Å². The number of nitrogens with one attached hydrogen (secondary N) is 2. The maximum absolute atomic E-state index is 12.4. The predicted molar refractivity (Wildman–Crippen MR) is 88.8 cm³/mol. The van der Waals surface area contributed by atoms with Crippen LogP contribution in [0.5, 0.6) is 0 Å². The summed E-state index contributed by atoms with van der Waals surface area (Å²) in [5, 5.41) is 6.37. The van der Waals surface area contributed by atoms with Crippen molar-refractivity contribution in [1.82, 2.24) is 15.5 Å². The molecule has 5 heteroatoms. The molecule has 22 heavy (non-hydrogen) atoms. The summed E-state index contributed by atoms with van der Waals surface area (Å²) in [6.07, 6.45) is 1.24. The average molecular weight is 311 g/mol. The third-order valence-electron chi connectivity index (χ3n) is 5.02. The Morgan fingerprint density at radius 3 is 2.50 bits per heavy atom. The van der Waals surface area contributed by atoms with Crippen molar-refractivity contribution in [2.75, 3.05) is 32.8 Å². The summed E-state index contributed by atoms with van der Waals surface area (Å²) in [5.74, 6) is 1.51. The topological polar surface area (TPSA) is 53.6 Å². The van der Waals surface area contributed by atoms with E-state index in [1.165, 1.54) is 6.42 Å². The molecule has 2 aliphatic rings. The number of carbonyl (C=O) groups is 1. The smallest absolute Gasteiger partial charge is 0.239 e. The van der Waals surface area contributed by atoms with Gasteiger partial charge in [0.25, 0.3) is 0 Å². The zero-order valence-electron chi connectivity index (χ0n) is 14.8. The fraction of sp³-hybridized carbons (Fsp3) is 0.941. The Kier molecular flexibility index (Phi) is 5.86. The Morgan fingerprint density at radius 1 is 1.27 bits per heavy atom. The van der Waals surface area contributed by atoms with Crippen molar-refractivity contribution in [3.05, 3.63) is 0 Å². The fourth-order valence-electron chi connectivity index (χ4n) is 3.71. The maximum atomic E-state index is 12.4. The highest BCUT2D eigenvalue weighted by Gasteiger charge is 2.34. The monoisotopic (exact) mass is 311 g/mol. The minimum atomic E-state index is -0.233. The number of nitrogens with zero attached hydrogens (tertiary/aromatic N) is 1. The minimum Gasteiger partial charge on any atom is -0.375 e. The van der Waals surface area contributed by atoms with Crippen LogP contribution in [0.3, 0.4) is 0 Å². The van der Waals surface area contributed by atoms with Crippen LogP contribution in [0.1, 0.15) is 41.0 Å². The van der Waals surface area contributed by atoms with Gasteiger partial charge in [-0.05, 0) is 39.0 Å². The first-order valence-corrected chi connectivity index (χ1v) is 8.67. The summed E-state index contributed by atoms with van der Waals surface area (Å²) in [6, 6.07) is -0.233. The number of hydrogen-bond donors (Lipinski definition) is 2. The van der Waals surface area contributed by atoms with Crippen molar-refractivity contribution in [3.8, 4) is 0 Å². The van der Waals surface area contributed by atoms with Gasteiger partial charge in [-0.2, -0.15) is 0 Å². The molecule has 4 atom stereocenters. The van der Waals surface area contributed by atoms with Crippen LogP contribution >= 0.6 is 0 Å². The highest BCUT2D eigenvalue weighted by Crippen LogP contribution is 2.26. The third-order valence-corrected chi connectivity index (χ3v) is 5.02. The molecule has 2 aliphatic heterocycles. The molecule has 0 aromatic carbocycles. The van der Waals surface area contributed by atoms with E-state index in [1.54, 1.807) is 0 Å². The molecule has 1 amide bonds. The normalized spacial score (nSPS) is 34.4. The lowest BCUT2D eigenvalue weighted by molar-refractivity contribution is -0.129. The van der Waals surface area contributed by atoms with Gasteiger partial charge < -0.3 is 15.4 Å². The zero-order valence-corrected chi connectivity index (χ0v) is 14.8. The number of likely N-dealkylation sites (tertiary alicyclic amines) is 1. The molecular weight excluding hydrogens is 278 g/mol. The predicted octanol–water partition coefficient (Wildman–Crippen LogP) is 1.24. The number of piperidine rings is 1. The van der Waals surface area contributed by atoms with Crippen LogP contribution in [0.2, 0.25) is 0 Å². The molecule has 0 saturated carbocycles. The number of amides is 1. The zero-order chi connectivity index (χ0) is 16.3. The summed E-state index contributed by atoms with van der Waals surface area (Å²) in [5.41, 5.74) is -0.0165. The van der Waals surface area contributed by atoms with Gasteiger partial charge in [0.1, 0.15) is 6.04 Å². The van der Waals surface area contributed by atoms with Crippen molar-refractivity contribution in [1.29, 1.82) is 0 Å². The number of morpholine rings is 1. The standard InChI is InChI=1S/C17H33N3O2/c1-12-8-13(2)10-20(9-12)17(4,5)11-19-16(21)15-14(3)22-7-6-18-15/h12-15,18H,6-11H2,1-5H3,(H,19,21)/t12?,13?,14-,15+/m1/s1. The van der Waals surface area contributed by atoms with Gasteiger partial charge in [0.05, 0.1) is 12.7 Å². The average Bonchev–Trinajstić information content (AvgIpc) is 2.44. The van der Waals surface area contributed by atoms with Crippen molar-refractivity contribution in [2.24, 2.45) is 11.8 Å². The van der Waals surface area contributed by atoms with Gasteiger partial charge in [0.15, 0.2) is 0 Å². The fourth-order valence-corrected chi connectivity index (χ4v) is 3.71. The van der Waals surface area contributed by atoms with E-state index in [9.17, 15) is 4.79 Å². The minimum absolute atomic E-state index is 0.0165. The van der Waals surface area contributed by atoms with Crippen LogP contribution in [-0.4, -0.2) is 61.3 Å². The molecule has 2 saturated heterocycles. The summed E-state index contributed by atoms with van der Waals surface area (Å²) in [4.78, 5) is 14.9. The number of carbonyl (C=O) groups excluding carboxylic acids is 1. The molecular formula is C17H33N3O2. The van der Waals surface area contributed by atoms with Crippen LogP contribution in [0.15, 0.2) is 0 Å². The van der Waals surface area contributed by atoms with E-state index >= 15 is 0 Å². The van der Waals surface area contributed by atoms with Crippen LogP contribution in [0.4, 0.5) is 0 Å². The first kappa shape index (κ1) is 17.7. The van der Waals surface area contributed by atoms with Crippen LogP contribution in [0.25, 0.3) is 0 Å². The molecule has 0 bridgehead atoms. The second-order valence-electron chi connectivity index (χ2n) is 7.89. The highest BCUT2D eigenvalue weighted by molar-refractivity contribution is 5.82. The van der Waals surface area contributed by atoms with Gasteiger partial charge in [-0.3, -0.25) is 9.69 Å². The Hall–Kier alpha value is -0.650. The van der Waals surface area contributed by atoms with Gasteiger partial charge in [-0.1, -0.05) is 13.8 Å². The molecule has 128 valence electrons. The Bertz CT molecular complexity index is 376. The summed E-state index contributed by atoms with van der Waals surface area (Å²) < 4.78 is 5.55. The lowest BCUT2D eigenvalue weighted by Gasteiger charge is -2.45. The SMILES string of the molecule is CC1CC(C)CN(C(C)(C)CNC(=O)[C@H]2NCCO[C@@H]2C)C1. The second-order valence-corrected chi connectivity index (χ2v) is 7.89. The number of ether oxygens (including phenoxy) is 1. The van der Waals surface area contributed by atoms with E-state index in [-0.39, 0.29) is 23.6 Å². The van der Waals surface area contributed by atoms with Gasteiger partial charge >= 0.3 is 0 Å². The first-order valence-electron chi connectivity index (χ1n) is 8.67. The van der Waals surface area contributed by atoms with Crippen LogP contribution < -0.4 is 10.6 Å². The molecule has 2 unspecified atom stereocenters. The lowest BCUT2D eigenvalue weighted by atomic mass is 9.88. The lowest BCUT2D eigenvalue weighted by Crippen LogP contribution is -2.60. The highest BCUT2D eigenvalue weighted by atomic mass is 16.5. The first-order chi connectivity index (χ1) is 10.3. The van der Waals surface area contributed by atoms with Crippen LogP contribution in [0, 0.1) is 11.8 Å². The molecule has 2 heterocycles. The summed E-state index contributed by atoms with van der Waals surface area (Å²) >= 11 is 0.